The molecule has 0 bridgehead atoms. The second kappa shape index (κ2) is 5.36. The van der Waals surface area contributed by atoms with E-state index in [0.29, 0.717) is 18.4 Å². The summed E-state index contributed by atoms with van der Waals surface area (Å²) in [5, 5.41) is 22.2. The van der Waals surface area contributed by atoms with E-state index in [1.165, 1.54) is 12.1 Å². The first-order valence-electron chi connectivity index (χ1n) is 7.04. The molecule has 1 aliphatic carbocycles. The van der Waals surface area contributed by atoms with Crippen molar-refractivity contribution < 1.29 is 24.1 Å². The number of halogens is 1. The highest BCUT2D eigenvalue weighted by Gasteiger charge is 2.52. The van der Waals surface area contributed by atoms with Crippen LogP contribution >= 0.6 is 0 Å². The summed E-state index contributed by atoms with van der Waals surface area (Å²) in [5.41, 5.74) is -0.0729. The van der Waals surface area contributed by atoms with Crippen LogP contribution in [0.1, 0.15) is 18.4 Å². The van der Waals surface area contributed by atoms with E-state index in [0.717, 1.165) is 0 Å². The van der Waals surface area contributed by atoms with Gasteiger partial charge < -0.3 is 20.3 Å². The molecule has 2 fully saturated rings. The normalized spacial score (nSPS) is 30.7. The highest BCUT2D eigenvalue weighted by atomic mass is 19.1. The fourth-order valence-electron chi connectivity index (χ4n) is 2.77. The van der Waals surface area contributed by atoms with Gasteiger partial charge in [-0.2, -0.15) is 0 Å². The van der Waals surface area contributed by atoms with Gasteiger partial charge in [0.2, 0.25) is 5.91 Å². The molecule has 114 valence electrons. The zero-order valence-electron chi connectivity index (χ0n) is 11.5. The summed E-state index contributed by atoms with van der Waals surface area (Å²) >= 11 is 0. The average molecular weight is 295 g/mol. The first-order valence-corrected chi connectivity index (χ1v) is 7.04. The molecule has 1 aliphatic heterocycles. The fourth-order valence-corrected chi connectivity index (χ4v) is 2.77. The van der Waals surface area contributed by atoms with Gasteiger partial charge in [-0.1, -0.05) is 12.1 Å². The Kier molecular flexibility index (Phi) is 3.69. The first kappa shape index (κ1) is 14.4. The van der Waals surface area contributed by atoms with Crippen molar-refractivity contribution >= 4 is 5.91 Å². The van der Waals surface area contributed by atoms with Crippen molar-refractivity contribution in [3.8, 4) is 0 Å². The van der Waals surface area contributed by atoms with Gasteiger partial charge in [0.05, 0.1) is 24.7 Å². The summed E-state index contributed by atoms with van der Waals surface area (Å²) in [5.74, 6) is -0.627. The molecule has 1 amide bonds. The van der Waals surface area contributed by atoms with Gasteiger partial charge in [-0.05, 0) is 30.5 Å². The summed E-state index contributed by atoms with van der Waals surface area (Å²) in [6.45, 7) is 0.214. The van der Waals surface area contributed by atoms with Crippen LogP contribution in [-0.2, 0) is 14.9 Å². The van der Waals surface area contributed by atoms with Gasteiger partial charge in [-0.15, -0.1) is 0 Å². The SMILES string of the molecule is O=C(N[C@@H]1COC[C@@H](O)[C@H]1O)C1(c2cccc(F)c2)CC1. The number of nitrogens with one attached hydrogen (secondary N) is 1. The third kappa shape index (κ3) is 2.66. The Morgan fingerprint density at radius 3 is 2.76 bits per heavy atom. The predicted molar refractivity (Wildman–Crippen MR) is 72.1 cm³/mol. The van der Waals surface area contributed by atoms with Crippen LogP contribution in [0.15, 0.2) is 24.3 Å². The topological polar surface area (TPSA) is 78.8 Å². The zero-order valence-corrected chi connectivity index (χ0v) is 11.5. The molecule has 1 aromatic carbocycles. The van der Waals surface area contributed by atoms with E-state index in [4.69, 9.17) is 4.74 Å². The maximum absolute atomic E-state index is 13.3. The molecule has 1 aromatic rings. The molecule has 2 aliphatic rings. The molecule has 1 heterocycles. The van der Waals surface area contributed by atoms with Gasteiger partial charge >= 0.3 is 0 Å². The quantitative estimate of drug-likeness (QED) is 0.739. The molecule has 0 aromatic heterocycles. The van der Waals surface area contributed by atoms with Crippen LogP contribution in [0.25, 0.3) is 0 Å². The number of benzene rings is 1. The number of carbonyl (C=O) groups excluding carboxylic acids is 1. The van der Waals surface area contributed by atoms with E-state index in [9.17, 15) is 19.4 Å². The molecule has 21 heavy (non-hydrogen) atoms. The van der Waals surface area contributed by atoms with Gasteiger partial charge in [-0.25, -0.2) is 4.39 Å². The Labute approximate surface area is 121 Å². The van der Waals surface area contributed by atoms with E-state index in [1.807, 2.05) is 0 Å². The molecule has 3 atom stereocenters. The summed E-state index contributed by atoms with van der Waals surface area (Å²) < 4.78 is 18.5. The van der Waals surface area contributed by atoms with E-state index in [1.54, 1.807) is 12.1 Å². The highest BCUT2D eigenvalue weighted by molar-refractivity contribution is 5.91. The number of aliphatic hydroxyl groups is 2. The second-order valence-electron chi connectivity index (χ2n) is 5.77. The molecular formula is C15H18FNO4. The van der Waals surface area contributed by atoms with Crippen LogP contribution in [0.4, 0.5) is 4.39 Å². The molecule has 3 N–H and O–H groups in total. The highest BCUT2D eigenvalue weighted by Crippen LogP contribution is 2.48. The van der Waals surface area contributed by atoms with Crippen LogP contribution in [0.2, 0.25) is 0 Å². The number of carbonyl (C=O) groups is 1. The number of amides is 1. The molecular weight excluding hydrogens is 277 g/mol. The molecule has 6 heteroatoms. The lowest BCUT2D eigenvalue weighted by Crippen LogP contribution is -2.57. The minimum absolute atomic E-state index is 0.0581. The lowest BCUT2D eigenvalue weighted by Gasteiger charge is -2.33. The van der Waals surface area contributed by atoms with Gasteiger partial charge in [0.25, 0.3) is 0 Å². The van der Waals surface area contributed by atoms with Gasteiger partial charge in [0, 0.05) is 0 Å². The smallest absolute Gasteiger partial charge is 0.231 e. The lowest BCUT2D eigenvalue weighted by atomic mass is 9.93. The molecule has 1 saturated heterocycles. The molecule has 0 radical (unpaired) electrons. The molecule has 0 spiro atoms. The van der Waals surface area contributed by atoms with Gasteiger partial charge in [0.15, 0.2) is 0 Å². The summed E-state index contributed by atoms with van der Waals surface area (Å²) in [4.78, 5) is 12.5. The number of hydrogen-bond donors (Lipinski definition) is 3. The van der Waals surface area contributed by atoms with Crippen LogP contribution < -0.4 is 5.32 Å². The van der Waals surface area contributed by atoms with Crippen LogP contribution in [-0.4, -0.2) is 47.6 Å². The molecule has 5 nitrogen and oxygen atoms in total. The third-order valence-electron chi connectivity index (χ3n) is 4.27. The standard InChI is InChI=1S/C15H18FNO4/c16-10-3-1-2-9(6-10)15(4-5-15)14(20)17-11-7-21-8-12(18)13(11)19/h1-3,6,11-13,18-19H,4-5,7-8H2,(H,17,20)/t11-,12-,13+/m1/s1. The van der Waals surface area contributed by atoms with Crippen molar-refractivity contribution in [3.05, 3.63) is 35.6 Å². The fraction of sp³-hybridized carbons (Fsp3) is 0.533. The molecule has 3 rings (SSSR count). The zero-order chi connectivity index (χ0) is 15.0. The minimum Gasteiger partial charge on any atom is -0.388 e. The van der Waals surface area contributed by atoms with Gasteiger partial charge in [0.1, 0.15) is 18.0 Å². The second-order valence-corrected chi connectivity index (χ2v) is 5.77. The minimum atomic E-state index is -1.05. The lowest BCUT2D eigenvalue weighted by molar-refractivity contribution is -0.133. The van der Waals surface area contributed by atoms with Crippen LogP contribution in [0.3, 0.4) is 0 Å². The van der Waals surface area contributed by atoms with Crippen molar-refractivity contribution in [1.82, 2.24) is 5.32 Å². The van der Waals surface area contributed by atoms with Crippen molar-refractivity contribution in [1.29, 1.82) is 0 Å². The Morgan fingerprint density at radius 1 is 1.33 bits per heavy atom. The van der Waals surface area contributed by atoms with Crippen molar-refractivity contribution in [2.24, 2.45) is 0 Å². The maximum Gasteiger partial charge on any atom is 0.231 e. The monoisotopic (exact) mass is 295 g/mol. The Hall–Kier alpha value is -1.50. The van der Waals surface area contributed by atoms with E-state index >= 15 is 0 Å². The summed E-state index contributed by atoms with van der Waals surface area (Å²) in [6, 6.07) is 5.38. The van der Waals surface area contributed by atoms with Crippen molar-refractivity contribution in [3.63, 3.8) is 0 Å². The van der Waals surface area contributed by atoms with E-state index in [2.05, 4.69) is 5.32 Å². The third-order valence-corrected chi connectivity index (χ3v) is 4.27. The molecule has 0 unspecified atom stereocenters. The van der Waals surface area contributed by atoms with Crippen LogP contribution in [0.5, 0.6) is 0 Å². The van der Waals surface area contributed by atoms with Crippen molar-refractivity contribution in [2.75, 3.05) is 13.2 Å². The van der Waals surface area contributed by atoms with E-state index < -0.39 is 23.7 Å². The Bertz CT molecular complexity index is 546. The maximum atomic E-state index is 13.3. The molecule has 1 saturated carbocycles. The number of rotatable bonds is 3. The predicted octanol–water partition coefficient (Wildman–Crippen LogP) is 0.0941. The Morgan fingerprint density at radius 2 is 2.10 bits per heavy atom. The van der Waals surface area contributed by atoms with Crippen molar-refractivity contribution in [2.45, 2.75) is 36.5 Å². The largest absolute Gasteiger partial charge is 0.388 e. The van der Waals surface area contributed by atoms with E-state index in [-0.39, 0.29) is 24.9 Å². The first-order chi connectivity index (χ1) is 10.0. The summed E-state index contributed by atoms with van der Waals surface area (Å²) in [6.07, 6.45) is -0.761. The summed E-state index contributed by atoms with van der Waals surface area (Å²) in [7, 11) is 0. The number of hydrogen-bond acceptors (Lipinski definition) is 4. The number of ether oxygens (including phenoxy) is 1. The average Bonchev–Trinajstić information content (AvgIpc) is 3.25. The Balaban J connectivity index is 1.73. The van der Waals surface area contributed by atoms with Crippen LogP contribution in [0, 0.1) is 5.82 Å². The van der Waals surface area contributed by atoms with Gasteiger partial charge in [-0.3, -0.25) is 4.79 Å². The number of aliphatic hydroxyl groups excluding tert-OH is 2.